The summed E-state index contributed by atoms with van der Waals surface area (Å²) in [4.78, 5) is 1.69. The van der Waals surface area contributed by atoms with Crippen LogP contribution in [0.5, 0.6) is 0 Å². The van der Waals surface area contributed by atoms with E-state index in [4.69, 9.17) is 10.5 Å². The van der Waals surface area contributed by atoms with Crippen LogP contribution in [0.4, 0.5) is 0 Å². The fourth-order valence-electron chi connectivity index (χ4n) is 1.46. The summed E-state index contributed by atoms with van der Waals surface area (Å²) in [5.41, 5.74) is 1.05. The van der Waals surface area contributed by atoms with Crippen LogP contribution in [-0.2, 0) is 0 Å². The summed E-state index contributed by atoms with van der Waals surface area (Å²) in [6, 6.07) is 17.1. The number of hydrogen-bond donors (Lipinski definition) is 0. The molecule has 0 amide bonds. The first-order valence-corrected chi connectivity index (χ1v) is 6.73. The molecule has 86 valence electrons. The molecule has 0 saturated heterocycles. The monoisotopic (exact) mass is 314 g/mol. The van der Waals surface area contributed by atoms with Crippen molar-refractivity contribution in [2.75, 3.05) is 0 Å². The van der Waals surface area contributed by atoms with E-state index >= 15 is 0 Å². The van der Waals surface area contributed by atoms with E-state index in [-0.39, 0.29) is 0 Å². The van der Waals surface area contributed by atoms with Crippen LogP contribution in [-0.4, -0.2) is 0 Å². The summed E-state index contributed by atoms with van der Waals surface area (Å²) in [6.07, 6.45) is 0. The van der Waals surface area contributed by atoms with E-state index in [1.165, 1.54) is 11.8 Å². The van der Waals surface area contributed by atoms with Crippen LogP contribution in [0.15, 0.2) is 56.7 Å². The van der Waals surface area contributed by atoms with Crippen molar-refractivity contribution >= 4 is 27.7 Å². The highest BCUT2D eigenvalue weighted by atomic mass is 79.9. The molecule has 0 saturated carbocycles. The van der Waals surface area contributed by atoms with Gasteiger partial charge in [-0.05, 0) is 40.2 Å². The van der Waals surface area contributed by atoms with Crippen molar-refractivity contribution in [3.05, 3.63) is 58.1 Å². The molecule has 2 aromatic carbocycles. The lowest BCUT2D eigenvalue weighted by Crippen LogP contribution is -1.87. The Morgan fingerprint density at radius 3 is 2.06 bits per heavy atom. The van der Waals surface area contributed by atoms with Gasteiger partial charge in [-0.15, -0.1) is 0 Å². The number of nitrogens with zero attached hydrogens (tertiary/aromatic N) is 2. The highest BCUT2D eigenvalue weighted by Gasteiger charge is 2.11. The highest BCUT2D eigenvalue weighted by Crippen LogP contribution is 2.36. The molecular formula is C14H7BrN2S. The second kappa shape index (κ2) is 5.73. The van der Waals surface area contributed by atoms with E-state index in [0.29, 0.717) is 16.0 Å². The number of hydrogen-bond acceptors (Lipinski definition) is 3. The molecule has 0 aliphatic heterocycles. The Hall–Kier alpha value is -1.75. The molecule has 0 spiro atoms. The molecule has 0 bridgehead atoms. The molecule has 0 unspecified atom stereocenters. The van der Waals surface area contributed by atoms with E-state index < -0.39 is 0 Å². The fourth-order valence-corrected chi connectivity index (χ4v) is 2.97. The van der Waals surface area contributed by atoms with Gasteiger partial charge in [0.1, 0.15) is 12.1 Å². The van der Waals surface area contributed by atoms with Crippen LogP contribution in [0, 0.1) is 22.7 Å². The minimum absolute atomic E-state index is 0.523. The SMILES string of the molecule is N#Cc1cccc(C#N)c1Sc1ccccc1Br. The quantitative estimate of drug-likeness (QED) is 0.828. The van der Waals surface area contributed by atoms with E-state index in [1.54, 1.807) is 18.2 Å². The molecule has 0 aliphatic carbocycles. The molecule has 18 heavy (non-hydrogen) atoms. The first-order valence-electron chi connectivity index (χ1n) is 5.12. The largest absolute Gasteiger partial charge is 0.192 e. The van der Waals surface area contributed by atoms with Gasteiger partial charge in [0.15, 0.2) is 0 Å². The summed E-state index contributed by atoms with van der Waals surface area (Å²) < 4.78 is 0.951. The summed E-state index contributed by atoms with van der Waals surface area (Å²) in [5, 5.41) is 18.2. The zero-order chi connectivity index (χ0) is 13.0. The van der Waals surface area contributed by atoms with Crippen LogP contribution in [0.2, 0.25) is 0 Å². The van der Waals surface area contributed by atoms with Crippen molar-refractivity contribution in [3.8, 4) is 12.1 Å². The van der Waals surface area contributed by atoms with E-state index in [9.17, 15) is 0 Å². The predicted molar refractivity (Wildman–Crippen MR) is 74.1 cm³/mol. The molecule has 0 fully saturated rings. The maximum absolute atomic E-state index is 9.10. The smallest absolute Gasteiger partial charge is 0.100 e. The van der Waals surface area contributed by atoms with Crippen LogP contribution in [0.3, 0.4) is 0 Å². The van der Waals surface area contributed by atoms with Gasteiger partial charge in [0.05, 0.1) is 11.1 Å². The highest BCUT2D eigenvalue weighted by molar-refractivity contribution is 9.10. The minimum atomic E-state index is 0.523. The Morgan fingerprint density at radius 2 is 1.50 bits per heavy atom. The average Bonchev–Trinajstić information content (AvgIpc) is 2.41. The topological polar surface area (TPSA) is 47.6 Å². The zero-order valence-electron chi connectivity index (χ0n) is 9.22. The van der Waals surface area contributed by atoms with Crippen LogP contribution in [0.1, 0.15) is 11.1 Å². The molecule has 2 rings (SSSR count). The molecule has 0 heterocycles. The third-order valence-corrected chi connectivity index (χ3v) is 4.48. The first kappa shape index (κ1) is 12.7. The number of rotatable bonds is 2. The molecule has 0 N–H and O–H groups in total. The summed E-state index contributed by atoms with van der Waals surface area (Å²) in [6.45, 7) is 0. The summed E-state index contributed by atoms with van der Waals surface area (Å²) >= 11 is 4.88. The molecule has 0 atom stereocenters. The Kier molecular flexibility index (Phi) is 4.04. The van der Waals surface area contributed by atoms with Crippen molar-refractivity contribution in [2.24, 2.45) is 0 Å². The van der Waals surface area contributed by atoms with Crippen molar-refractivity contribution in [1.29, 1.82) is 10.5 Å². The second-order valence-electron chi connectivity index (χ2n) is 3.44. The van der Waals surface area contributed by atoms with Gasteiger partial charge in [0.25, 0.3) is 0 Å². The second-order valence-corrected chi connectivity index (χ2v) is 5.34. The zero-order valence-corrected chi connectivity index (χ0v) is 11.6. The van der Waals surface area contributed by atoms with Crippen molar-refractivity contribution < 1.29 is 0 Å². The Bertz CT molecular complexity index is 636. The standard InChI is InChI=1S/C14H7BrN2S/c15-12-6-1-2-7-13(12)18-14-10(8-16)4-3-5-11(14)9-17/h1-7H. The minimum Gasteiger partial charge on any atom is -0.192 e. The van der Waals surface area contributed by atoms with E-state index in [0.717, 1.165) is 9.37 Å². The number of benzene rings is 2. The van der Waals surface area contributed by atoms with Gasteiger partial charge in [-0.2, -0.15) is 10.5 Å². The van der Waals surface area contributed by atoms with Gasteiger partial charge >= 0.3 is 0 Å². The van der Waals surface area contributed by atoms with Crippen molar-refractivity contribution in [3.63, 3.8) is 0 Å². The van der Waals surface area contributed by atoms with Gasteiger partial charge in [-0.25, -0.2) is 0 Å². The molecule has 2 aromatic rings. The lowest BCUT2D eigenvalue weighted by Gasteiger charge is -2.07. The molecule has 0 aliphatic rings. The summed E-state index contributed by atoms with van der Waals surface area (Å²) in [5.74, 6) is 0. The van der Waals surface area contributed by atoms with Gasteiger partial charge < -0.3 is 0 Å². The lowest BCUT2D eigenvalue weighted by molar-refractivity contribution is 1.30. The Labute approximate surface area is 118 Å². The van der Waals surface area contributed by atoms with Gasteiger partial charge in [0, 0.05) is 14.3 Å². The van der Waals surface area contributed by atoms with Crippen LogP contribution < -0.4 is 0 Å². The van der Waals surface area contributed by atoms with Crippen LogP contribution >= 0.6 is 27.7 Å². The fraction of sp³-hybridized carbons (Fsp3) is 0. The average molecular weight is 315 g/mol. The normalized spacial score (nSPS) is 9.50. The van der Waals surface area contributed by atoms with Crippen molar-refractivity contribution in [1.82, 2.24) is 0 Å². The molecular weight excluding hydrogens is 308 g/mol. The Balaban J connectivity index is 2.50. The maximum Gasteiger partial charge on any atom is 0.100 e. The van der Waals surface area contributed by atoms with Gasteiger partial charge in [-0.1, -0.05) is 30.0 Å². The Morgan fingerprint density at radius 1 is 0.889 bits per heavy atom. The third kappa shape index (κ3) is 2.56. The molecule has 2 nitrogen and oxygen atoms in total. The van der Waals surface area contributed by atoms with E-state index in [1.807, 2.05) is 24.3 Å². The summed E-state index contributed by atoms with van der Waals surface area (Å²) in [7, 11) is 0. The molecule has 4 heteroatoms. The number of halogens is 1. The first-order chi connectivity index (χ1) is 8.76. The maximum atomic E-state index is 9.10. The molecule has 0 aromatic heterocycles. The van der Waals surface area contributed by atoms with Crippen LogP contribution in [0.25, 0.3) is 0 Å². The van der Waals surface area contributed by atoms with Gasteiger partial charge in [-0.3, -0.25) is 0 Å². The lowest BCUT2D eigenvalue weighted by atomic mass is 10.1. The third-order valence-electron chi connectivity index (χ3n) is 2.30. The molecule has 0 radical (unpaired) electrons. The van der Waals surface area contributed by atoms with E-state index in [2.05, 4.69) is 28.1 Å². The predicted octanol–water partition coefficient (Wildman–Crippen LogP) is 4.34. The number of nitriles is 2. The van der Waals surface area contributed by atoms with Gasteiger partial charge in [0.2, 0.25) is 0 Å². The van der Waals surface area contributed by atoms with Crippen molar-refractivity contribution in [2.45, 2.75) is 9.79 Å².